The molecule has 0 N–H and O–H groups in total. The molecule has 0 spiro atoms. The number of amides is 1. The molecule has 0 aliphatic heterocycles. The zero-order valence-corrected chi connectivity index (χ0v) is 12.9. The first kappa shape index (κ1) is 14.8. The summed E-state index contributed by atoms with van der Waals surface area (Å²) in [5.41, 5.74) is 0.963. The molecule has 0 radical (unpaired) electrons. The number of carbonyl (C=O) groups excluding carboxylic acids is 1. The minimum atomic E-state index is -0.0628. The third kappa shape index (κ3) is 2.94. The number of aryl methyl sites for hydroxylation is 1. The van der Waals surface area contributed by atoms with E-state index in [4.69, 9.17) is 16.0 Å². The molecule has 0 aliphatic carbocycles. The van der Waals surface area contributed by atoms with Crippen LogP contribution in [-0.2, 0) is 0 Å². The third-order valence-electron chi connectivity index (χ3n) is 3.14. The summed E-state index contributed by atoms with van der Waals surface area (Å²) in [5.74, 6) is 0.503. The molecule has 2 heterocycles. The summed E-state index contributed by atoms with van der Waals surface area (Å²) in [7, 11) is 5.74. The number of rotatable bonds is 4. The van der Waals surface area contributed by atoms with Gasteiger partial charge in [0.1, 0.15) is 10.9 Å². The molecule has 0 unspecified atom stereocenters. The second kappa shape index (κ2) is 5.81. The maximum Gasteiger partial charge on any atom is 0.257 e. The van der Waals surface area contributed by atoms with Crippen molar-refractivity contribution in [3.8, 4) is 0 Å². The van der Waals surface area contributed by atoms with Crippen LogP contribution in [0.2, 0.25) is 5.15 Å². The van der Waals surface area contributed by atoms with Gasteiger partial charge in [0.25, 0.3) is 5.91 Å². The quantitative estimate of drug-likeness (QED) is 0.813. The van der Waals surface area contributed by atoms with E-state index in [1.807, 2.05) is 19.0 Å². The van der Waals surface area contributed by atoms with E-state index in [1.54, 1.807) is 31.0 Å². The van der Waals surface area contributed by atoms with Crippen molar-refractivity contribution in [3.63, 3.8) is 0 Å². The van der Waals surface area contributed by atoms with Gasteiger partial charge in [-0.3, -0.25) is 4.79 Å². The maximum atomic E-state index is 12.5. The fraction of sp³-hybridized carbons (Fsp3) is 0.429. The topological polar surface area (TPSA) is 49.6 Å². The van der Waals surface area contributed by atoms with Gasteiger partial charge >= 0.3 is 0 Å². The minimum absolute atomic E-state index is 0.0628. The number of likely N-dealkylation sites (N-methyl/N-ethyl adjacent to an activating group) is 2. The molecule has 6 heteroatoms. The molecular weight excluding hydrogens is 278 g/mol. The predicted octanol–water partition coefficient (Wildman–Crippen LogP) is 2.42. The van der Waals surface area contributed by atoms with Crippen LogP contribution < -0.4 is 0 Å². The monoisotopic (exact) mass is 295 g/mol. The maximum absolute atomic E-state index is 12.5. The third-order valence-corrected chi connectivity index (χ3v) is 3.35. The number of fused-ring (bicyclic) bond motifs is 1. The molecular formula is C14H18ClN3O2. The second-order valence-electron chi connectivity index (χ2n) is 5.05. The number of hydrogen-bond acceptors (Lipinski definition) is 4. The molecule has 0 atom stereocenters. The number of carbonyl (C=O) groups is 1. The molecule has 0 fully saturated rings. The molecule has 0 aliphatic rings. The normalized spacial score (nSPS) is 11.3. The summed E-state index contributed by atoms with van der Waals surface area (Å²) in [4.78, 5) is 20.3. The van der Waals surface area contributed by atoms with Gasteiger partial charge < -0.3 is 14.2 Å². The molecule has 2 aromatic heterocycles. The zero-order chi connectivity index (χ0) is 14.9. The van der Waals surface area contributed by atoms with Gasteiger partial charge in [-0.1, -0.05) is 11.6 Å². The van der Waals surface area contributed by atoms with E-state index in [9.17, 15) is 4.79 Å². The SMILES string of the molecule is Cc1oc2nc(Cl)ccc2c1C(=O)N(C)CCN(C)C. The van der Waals surface area contributed by atoms with Gasteiger partial charge in [0.2, 0.25) is 5.71 Å². The summed E-state index contributed by atoms with van der Waals surface area (Å²) in [5, 5.41) is 1.06. The fourth-order valence-electron chi connectivity index (χ4n) is 1.98. The Labute approximate surface area is 123 Å². The van der Waals surface area contributed by atoms with Gasteiger partial charge in [-0.25, -0.2) is 4.98 Å². The highest BCUT2D eigenvalue weighted by atomic mass is 35.5. The molecule has 0 aromatic carbocycles. The average molecular weight is 296 g/mol. The van der Waals surface area contributed by atoms with Crippen LogP contribution in [0.5, 0.6) is 0 Å². The summed E-state index contributed by atoms with van der Waals surface area (Å²) in [6, 6.07) is 3.43. The number of hydrogen-bond donors (Lipinski definition) is 0. The summed E-state index contributed by atoms with van der Waals surface area (Å²) >= 11 is 5.83. The first-order valence-corrected chi connectivity index (χ1v) is 6.73. The van der Waals surface area contributed by atoms with E-state index in [1.165, 1.54) is 0 Å². The molecule has 20 heavy (non-hydrogen) atoms. The van der Waals surface area contributed by atoms with Crippen molar-refractivity contribution >= 4 is 28.6 Å². The van der Waals surface area contributed by atoms with Gasteiger partial charge in [0.05, 0.1) is 10.9 Å². The Morgan fingerprint density at radius 3 is 2.65 bits per heavy atom. The van der Waals surface area contributed by atoms with Crippen molar-refractivity contribution in [1.29, 1.82) is 0 Å². The Morgan fingerprint density at radius 1 is 1.30 bits per heavy atom. The molecule has 0 saturated heterocycles. The smallest absolute Gasteiger partial charge is 0.257 e. The molecule has 0 bridgehead atoms. The Bertz CT molecular complexity index is 637. The Morgan fingerprint density at radius 2 is 2.00 bits per heavy atom. The minimum Gasteiger partial charge on any atom is -0.442 e. The van der Waals surface area contributed by atoms with E-state index in [0.717, 1.165) is 6.54 Å². The molecule has 5 nitrogen and oxygen atoms in total. The molecule has 0 saturated carbocycles. The molecule has 2 rings (SSSR count). The fourth-order valence-corrected chi connectivity index (χ4v) is 2.12. The number of aromatic nitrogens is 1. The highest BCUT2D eigenvalue weighted by molar-refractivity contribution is 6.29. The average Bonchev–Trinajstić information content (AvgIpc) is 2.69. The first-order chi connectivity index (χ1) is 9.40. The van der Waals surface area contributed by atoms with Crippen LogP contribution in [0.15, 0.2) is 16.5 Å². The van der Waals surface area contributed by atoms with Crippen molar-refractivity contribution in [2.45, 2.75) is 6.92 Å². The van der Waals surface area contributed by atoms with Crippen LogP contribution >= 0.6 is 11.6 Å². The number of furan rings is 1. The lowest BCUT2D eigenvalue weighted by atomic mass is 10.1. The zero-order valence-electron chi connectivity index (χ0n) is 12.1. The van der Waals surface area contributed by atoms with Crippen LogP contribution in [0.4, 0.5) is 0 Å². The van der Waals surface area contributed by atoms with E-state index >= 15 is 0 Å². The van der Waals surface area contributed by atoms with Crippen molar-refractivity contribution in [2.75, 3.05) is 34.2 Å². The van der Waals surface area contributed by atoms with Gasteiger partial charge in [-0.2, -0.15) is 0 Å². The lowest BCUT2D eigenvalue weighted by Crippen LogP contribution is -2.33. The standard InChI is InChI=1S/C14H18ClN3O2/c1-9-12(14(19)18(4)8-7-17(2)3)10-5-6-11(15)16-13(10)20-9/h5-6H,7-8H2,1-4H3. The van der Waals surface area contributed by atoms with Crippen LogP contribution in [-0.4, -0.2) is 54.9 Å². The summed E-state index contributed by atoms with van der Waals surface area (Å²) < 4.78 is 5.52. The van der Waals surface area contributed by atoms with E-state index in [2.05, 4.69) is 4.98 Å². The van der Waals surface area contributed by atoms with Crippen molar-refractivity contribution in [2.24, 2.45) is 0 Å². The first-order valence-electron chi connectivity index (χ1n) is 6.36. The van der Waals surface area contributed by atoms with Crippen LogP contribution in [0.1, 0.15) is 16.1 Å². The second-order valence-corrected chi connectivity index (χ2v) is 5.44. The number of pyridine rings is 1. The van der Waals surface area contributed by atoms with Crippen LogP contribution in [0.3, 0.4) is 0 Å². The predicted molar refractivity (Wildman–Crippen MR) is 79.3 cm³/mol. The van der Waals surface area contributed by atoms with Crippen LogP contribution in [0, 0.1) is 6.92 Å². The lowest BCUT2D eigenvalue weighted by molar-refractivity contribution is 0.0786. The van der Waals surface area contributed by atoms with Crippen molar-refractivity contribution < 1.29 is 9.21 Å². The van der Waals surface area contributed by atoms with Crippen molar-refractivity contribution in [3.05, 3.63) is 28.6 Å². The largest absolute Gasteiger partial charge is 0.442 e. The Hall–Kier alpha value is -1.59. The lowest BCUT2D eigenvalue weighted by Gasteiger charge is -2.19. The highest BCUT2D eigenvalue weighted by Gasteiger charge is 2.22. The van der Waals surface area contributed by atoms with Gasteiger partial charge in [-0.05, 0) is 33.2 Å². The van der Waals surface area contributed by atoms with E-state index < -0.39 is 0 Å². The van der Waals surface area contributed by atoms with E-state index in [-0.39, 0.29) is 5.91 Å². The van der Waals surface area contributed by atoms with E-state index in [0.29, 0.717) is 34.1 Å². The highest BCUT2D eigenvalue weighted by Crippen LogP contribution is 2.26. The molecule has 108 valence electrons. The summed E-state index contributed by atoms with van der Waals surface area (Å²) in [6.07, 6.45) is 0. The van der Waals surface area contributed by atoms with Crippen LogP contribution in [0.25, 0.3) is 11.1 Å². The number of halogens is 1. The Kier molecular flexibility index (Phi) is 4.30. The van der Waals surface area contributed by atoms with Crippen molar-refractivity contribution in [1.82, 2.24) is 14.8 Å². The van der Waals surface area contributed by atoms with Gasteiger partial charge in [0.15, 0.2) is 0 Å². The summed E-state index contributed by atoms with van der Waals surface area (Å²) in [6.45, 7) is 3.22. The number of nitrogens with zero attached hydrogens (tertiary/aromatic N) is 3. The molecule has 2 aromatic rings. The van der Waals surface area contributed by atoms with Gasteiger partial charge in [-0.15, -0.1) is 0 Å². The Balaban J connectivity index is 2.32. The molecule has 1 amide bonds. The van der Waals surface area contributed by atoms with Gasteiger partial charge in [0, 0.05) is 20.1 Å².